The van der Waals surface area contributed by atoms with Crippen LogP contribution in [-0.2, 0) is 6.18 Å². The highest BCUT2D eigenvalue weighted by Gasteiger charge is 2.40. The average Bonchev–Trinajstić information content (AvgIpc) is 3.09. The van der Waals surface area contributed by atoms with Gasteiger partial charge in [-0.15, -0.1) is 0 Å². The summed E-state index contributed by atoms with van der Waals surface area (Å²) in [4.78, 5) is 15.6. The molecule has 0 aliphatic heterocycles. The van der Waals surface area contributed by atoms with Gasteiger partial charge in [-0.1, -0.05) is 31.1 Å². The predicted molar refractivity (Wildman–Crippen MR) is 78.9 cm³/mol. The van der Waals surface area contributed by atoms with E-state index in [4.69, 9.17) is 0 Å². The Morgan fingerprint density at radius 2 is 2.12 bits per heavy atom. The van der Waals surface area contributed by atoms with E-state index in [-0.39, 0.29) is 23.3 Å². The van der Waals surface area contributed by atoms with E-state index in [0.29, 0.717) is 17.4 Å². The van der Waals surface area contributed by atoms with E-state index >= 15 is 0 Å². The highest BCUT2D eigenvalue weighted by molar-refractivity contribution is 5.95. The number of nitrogens with one attached hydrogen (secondary N) is 1. The minimum absolute atomic E-state index is 0.156. The molecular weight excluding hydrogens is 323 g/mol. The lowest BCUT2D eigenvalue weighted by Crippen LogP contribution is -2.27. The van der Waals surface area contributed by atoms with Gasteiger partial charge in [0, 0.05) is 17.2 Å². The van der Waals surface area contributed by atoms with Gasteiger partial charge in [-0.05, 0) is 30.4 Å². The number of carbonyl (C=O) groups is 1. The smallest absolute Gasteiger partial charge is 0.349 e. The Morgan fingerprint density at radius 1 is 1.38 bits per heavy atom. The fraction of sp³-hybridized carbons (Fsp3) is 0.438. The summed E-state index contributed by atoms with van der Waals surface area (Å²) in [5, 5.41) is 6.25. The topological polar surface area (TPSA) is 68.0 Å². The molecule has 1 aliphatic carbocycles. The molecule has 2 atom stereocenters. The first-order chi connectivity index (χ1) is 11.3. The van der Waals surface area contributed by atoms with Crippen molar-refractivity contribution in [2.45, 2.75) is 32.5 Å². The summed E-state index contributed by atoms with van der Waals surface area (Å²) in [7, 11) is 0. The zero-order valence-corrected chi connectivity index (χ0v) is 13.1. The molecule has 3 rings (SSSR count). The summed E-state index contributed by atoms with van der Waals surface area (Å²) in [6, 6.07) is 6.29. The Hall–Kier alpha value is -2.38. The van der Waals surface area contributed by atoms with Crippen LogP contribution in [0.4, 0.5) is 13.2 Å². The Balaban J connectivity index is 1.75. The molecule has 0 spiro atoms. The van der Waals surface area contributed by atoms with Gasteiger partial charge in [-0.3, -0.25) is 4.79 Å². The fourth-order valence-corrected chi connectivity index (χ4v) is 2.62. The van der Waals surface area contributed by atoms with Crippen LogP contribution >= 0.6 is 0 Å². The molecule has 1 aromatic heterocycles. The minimum Gasteiger partial charge on any atom is -0.349 e. The second-order valence-electron chi connectivity index (χ2n) is 6.23. The van der Waals surface area contributed by atoms with Crippen LogP contribution in [0.5, 0.6) is 0 Å². The number of hydrogen-bond acceptors (Lipinski definition) is 4. The standard InChI is InChI=1S/C16H16F3N3O2/c1-8(2)11-7-12(11)20-14(23)10-5-3-4-9(6-10)13-21-15(24-22-13)16(17,18)19/h3-6,8,11-12H,7H2,1-2H3,(H,20,23). The Kier molecular flexibility index (Phi) is 4.06. The first-order valence-electron chi connectivity index (χ1n) is 7.58. The number of alkyl halides is 3. The largest absolute Gasteiger partial charge is 0.471 e. The third kappa shape index (κ3) is 3.42. The quantitative estimate of drug-likeness (QED) is 0.925. The molecule has 0 saturated heterocycles. The summed E-state index contributed by atoms with van der Waals surface area (Å²) in [5.41, 5.74) is 0.637. The normalized spacial score (nSPS) is 20.2. The molecule has 1 aliphatic rings. The van der Waals surface area contributed by atoms with Crippen molar-refractivity contribution in [3.05, 3.63) is 35.7 Å². The van der Waals surface area contributed by atoms with Crippen molar-refractivity contribution < 1.29 is 22.5 Å². The number of nitrogens with zero attached hydrogens (tertiary/aromatic N) is 2. The number of benzene rings is 1. The molecule has 2 aromatic rings. The van der Waals surface area contributed by atoms with Crippen LogP contribution in [0.25, 0.3) is 11.4 Å². The fourth-order valence-electron chi connectivity index (χ4n) is 2.62. The lowest BCUT2D eigenvalue weighted by atomic mass is 10.1. The van der Waals surface area contributed by atoms with E-state index in [1.165, 1.54) is 12.1 Å². The van der Waals surface area contributed by atoms with E-state index < -0.39 is 12.1 Å². The summed E-state index contributed by atoms with van der Waals surface area (Å²) >= 11 is 0. The van der Waals surface area contributed by atoms with Crippen LogP contribution in [0.3, 0.4) is 0 Å². The van der Waals surface area contributed by atoms with Crippen molar-refractivity contribution in [1.29, 1.82) is 0 Å². The highest BCUT2D eigenvalue weighted by atomic mass is 19.4. The van der Waals surface area contributed by atoms with E-state index in [0.717, 1.165) is 6.42 Å². The molecule has 5 nitrogen and oxygen atoms in total. The Labute approximate surface area is 136 Å². The molecule has 1 N–H and O–H groups in total. The van der Waals surface area contributed by atoms with Crippen molar-refractivity contribution in [2.24, 2.45) is 11.8 Å². The Morgan fingerprint density at radius 3 is 2.71 bits per heavy atom. The third-order valence-electron chi connectivity index (χ3n) is 4.06. The molecule has 0 bridgehead atoms. The average molecular weight is 339 g/mol. The molecule has 24 heavy (non-hydrogen) atoms. The van der Waals surface area contributed by atoms with Gasteiger partial charge in [-0.2, -0.15) is 18.2 Å². The molecule has 1 aromatic carbocycles. The van der Waals surface area contributed by atoms with Gasteiger partial charge in [0.05, 0.1) is 0 Å². The van der Waals surface area contributed by atoms with E-state index in [1.807, 2.05) is 0 Å². The van der Waals surface area contributed by atoms with Gasteiger partial charge < -0.3 is 9.84 Å². The molecule has 1 heterocycles. The summed E-state index contributed by atoms with van der Waals surface area (Å²) in [5.74, 6) is -0.899. The van der Waals surface area contributed by atoms with Crippen LogP contribution in [0.15, 0.2) is 28.8 Å². The van der Waals surface area contributed by atoms with E-state index in [9.17, 15) is 18.0 Å². The van der Waals surface area contributed by atoms with Crippen molar-refractivity contribution in [1.82, 2.24) is 15.5 Å². The van der Waals surface area contributed by atoms with Crippen molar-refractivity contribution >= 4 is 5.91 Å². The van der Waals surface area contributed by atoms with Gasteiger partial charge in [0.1, 0.15) is 0 Å². The monoisotopic (exact) mass is 339 g/mol. The van der Waals surface area contributed by atoms with Crippen LogP contribution in [0.1, 0.15) is 36.5 Å². The molecular formula is C16H16F3N3O2. The zero-order valence-electron chi connectivity index (χ0n) is 13.1. The maximum atomic E-state index is 12.5. The van der Waals surface area contributed by atoms with E-state index in [1.54, 1.807) is 12.1 Å². The van der Waals surface area contributed by atoms with Crippen molar-refractivity contribution in [3.8, 4) is 11.4 Å². The first kappa shape index (κ1) is 16.5. The number of aromatic nitrogens is 2. The first-order valence-corrected chi connectivity index (χ1v) is 7.58. The Bertz CT molecular complexity index is 755. The molecule has 128 valence electrons. The van der Waals surface area contributed by atoms with Gasteiger partial charge in [0.25, 0.3) is 5.91 Å². The maximum absolute atomic E-state index is 12.5. The van der Waals surface area contributed by atoms with Gasteiger partial charge >= 0.3 is 12.1 Å². The number of rotatable bonds is 4. The predicted octanol–water partition coefficient (Wildman–Crippen LogP) is 3.53. The van der Waals surface area contributed by atoms with Gasteiger partial charge in [0.2, 0.25) is 5.82 Å². The van der Waals surface area contributed by atoms with Crippen LogP contribution in [0.2, 0.25) is 0 Å². The van der Waals surface area contributed by atoms with E-state index in [2.05, 4.69) is 33.8 Å². The maximum Gasteiger partial charge on any atom is 0.471 e. The van der Waals surface area contributed by atoms with Crippen LogP contribution < -0.4 is 5.32 Å². The SMILES string of the molecule is CC(C)C1CC1NC(=O)c1cccc(-c2noc(C(F)(F)F)n2)c1. The molecule has 8 heteroatoms. The van der Waals surface area contributed by atoms with Crippen molar-refractivity contribution in [3.63, 3.8) is 0 Å². The zero-order chi connectivity index (χ0) is 17.5. The van der Waals surface area contributed by atoms with Crippen LogP contribution in [0, 0.1) is 11.8 Å². The lowest BCUT2D eigenvalue weighted by molar-refractivity contribution is -0.159. The molecule has 1 fully saturated rings. The molecule has 1 saturated carbocycles. The third-order valence-corrected chi connectivity index (χ3v) is 4.06. The van der Waals surface area contributed by atoms with Gasteiger partial charge in [0.15, 0.2) is 0 Å². The summed E-state index contributed by atoms with van der Waals surface area (Å²) in [6.07, 6.45) is -3.75. The summed E-state index contributed by atoms with van der Waals surface area (Å²) < 4.78 is 41.8. The summed E-state index contributed by atoms with van der Waals surface area (Å²) in [6.45, 7) is 4.21. The number of hydrogen-bond donors (Lipinski definition) is 1. The molecule has 0 radical (unpaired) electrons. The second kappa shape index (κ2) is 5.92. The second-order valence-corrected chi connectivity index (χ2v) is 6.23. The molecule has 1 amide bonds. The highest BCUT2D eigenvalue weighted by Crippen LogP contribution is 2.37. The van der Waals surface area contributed by atoms with Gasteiger partial charge in [-0.25, -0.2) is 0 Å². The van der Waals surface area contributed by atoms with Crippen molar-refractivity contribution in [2.75, 3.05) is 0 Å². The van der Waals surface area contributed by atoms with Crippen LogP contribution in [-0.4, -0.2) is 22.1 Å². The number of carbonyl (C=O) groups excluding carboxylic acids is 1. The number of halogens is 3. The molecule has 2 unspecified atom stereocenters. The number of amides is 1. The minimum atomic E-state index is -4.70. The lowest BCUT2D eigenvalue weighted by Gasteiger charge is -2.07.